The van der Waals surface area contributed by atoms with Gasteiger partial charge in [-0.2, -0.15) is 0 Å². The summed E-state index contributed by atoms with van der Waals surface area (Å²) in [6, 6.07) is 6.38. The van der Waals surface area contributed by atoms with Crippen molar-refractivity contribution < 1.29 is 9.50 Å². The Morgan fingerprint density at radius 2 is 2.18 bits per heavy atom. The van der Waals surface area contributed by atoms with Crippen molar-refractivity contribution in [2.24, 2.45) is 0 Å². The number of benzene rings is 1. The predicted octanol–water partition coefficient (Wildman–Crippen LogP) is 4.69. The lowest BCUT2D eigenvalue weighted by atomic mass is 10.1. The van der Waals surface area contributed by atoms with Crippen molar-refractivity contribution >= 4 is 38.9 Å². The van der Waals surface area contributed by atoms with Crippen molar-refractivity contribution in [2.45, 2.75) is 13.0 Å². The molecule has 0 bridgehead atoms. The van der Waals surface area contributed by atoms with E-state index in [-0.39, 0.29) is 5.56 Å². The van der Waals surface area contributed by atoms with Crippen molar-refractivity contribution in [1.29, 1.82) is 0 Å². The van der Waals surface area contributed by atoms with E-state index in [1.807, 2.05) is 6.92 Å². The van der Waals surface area contributed by atoms with E-state index in [9.17, 15) is 9.50 Å². The molecule has 0 aliphatic rings. The summed E-state index contributed by atoms with van der Waals surface area (Å²) in [4.78, 5) is 0.637. The van der Waals surface area contributed by atoms with E-state index in [1.165, 1.54) is 17.4 Å². The van der Waals surface area contributed by atoms with Gasteiger partial charge in [0.2, 0.25) is 0 Å². The molecule has 5 heteroatoms. The highest BCUT2D eigenvalue weighted by Crippen LogP contribution is 2.37. The van der Waals surface area contributed by atoms with Crippen molar-refractivity contribution in [1.82, 2.24) is 0 Å². The van der Waals surface area contributed by atoms with Gasteiger partial charge in [-0.05, 0) is 30.7 Å². The Kier molecular flexibility index (Phi) is 3.88. The topological polar surface area (TPSA) is 20.2 Å². The Balaban J connectivity index is 2.47. The van der Waals surface area contributed by atoms with E-state index in [2.05, 4.69) is 15.9 Å². The largest absolute Gasteiger partial charge is 0.383 e. The summed E-state index contributed by atoms with van der Waals surface area (Å²) in [6.45, 7) is 1.85. The fourth-order valence-corrected chi connectivity index (χ4v) is 3.31. The van der Waals surface area contributed by atoms with Gasteiger partial charge in [0, 0.05) is 14.9 Å². The summed E-state index contributed by atoms with van der Waals surface area (Å²) >= 11 is 10.4. The van der Waals surface area contributed by atoms with Crippen LogP contribution in [-0.4, -0.2) is 5.11 Å². The molecule has 1 N–H and O–H groups in total. The molecular formula is C12H9BrClFOS. The lowest BCUT2D eigenvalue weighted by molar-refractivity contribution is 0.218. The van der Waals surface area contributed by atoms with Crippen LogP contribution < -0.4 is 0 Å². The Hall–Kier alpha value is -0.420. The van der Waals surface area contributed by atoms with Crippen molar-refractivity contribution in [3.05, 3.63) is 54.9 Å². The molecule has 1 heterocycles. The van der Waals surface area contributed by atoms with Gasteiger partial charge in [0.15, 0.2) is 0 Å². The highest BCUT2D eigenvalue weighted by atomic mass is 79.9. The number of hydrogen-bond acceptors (Lipinski definition) is 2. The minimum atomic E-state index is -0.998. The molecule has 0 saturated carbocycles. The summed E-state index contributed by atoms with van der Waals surface area (Å²) in [6.07, 6.45) is -0.998. The summed E-state index contributed by atoms with van der Waals surface area (Å²) in [5.41, 5.74) is 1.13. The van der Waals surface area contributed by atoms with Crippen LogP contribution in [0.25, 0.3) is 0 Å². The molecule has 0 aliphatic carbocycles. The molecule has 2 aromatic rings. The quantitative estimate of drug-likeness (QED) is 0.844. The van der Waals surface area contributed by atoms with Gasteiger partial charge in [0.05, 0.1) is 4.34 Å². The molecule has 1 atom stereocenters. The fourth-order valence-electron chi connectivity index (χ4n) is 1.53. The highest BCUT2D eigenvalue weighted by molar-refractivity contribution is 9.10. The third-order valence-electron chi connectivity index (χ3n) is 2.42. The SMILES string of the molecule is Cc1cc(C(O)c2c(F)cccc2Br)sc1Cl. The molecule has 90 valence electrons. The number of rotatable bonds is 2. The second kappa shape index (κ2) is 5.06. The molecule has 1 unspecified atom stereocenters. The van der Waals surface area contributed by atoms with E-state index in [0.29, 0.717) is 13.7 Å². The van der Waals surface area contributed by atoms with Crippen molar-refractivity contribution in [3.63, 3.8) is 0 Å². The monoisotopic (exact) mass is 334 g/mol. The van der Waals surface area contributed by atoms with Crippen LogP contribution in [0, 0.1) is 12.7 Å². The molecule has 0 saturated heterocycles. The number of aliphatic hydroxyl groups excluding tert-OH is 1. The molecule has 0 aliphatic heterocycles. The van der Waals surface area contributed by atoms with E-state index in [4.69, 9.17) is 11.6 Å². The van der Waals surface area contributed by atoms with Gasteiger partial charge >= 0.3 is 0 Å². The predicted molar refractivity (Wildman–Crippen MR) is 72.2 cm³/mol. The average molecular weight is 336 g/mol. The van der Waals surface area contributed by atoms with Gasteiger partial charge < -0.3 is 5.11 Å². The van der Waals surface area contributed by atoms with Gasteiger partial charge in [-0.1, -0.05) is 33.6 Å². The summed E-state index contributed by atoms with van der Waals surface area (Å²) in [7, 11) is 0. The second-order valence-corrected chi connectivity index (χ2v) is 6.18. The van der Waals surface area contributed by atoms with Crippen LogP contribution in [0.2, 0.25) is 4.34 Å². The second-order valence-electron chi connectivity index (χ2n) is 3.64. The Labute approximate surface area is 116 Å². The molecule has 0 amide bonds. The number of thiophene rings is 1. The Morgan fingerprint density at radius 3 is 2.71 bits per heavy atom. The van der Waals surface area contributed by atoms with E-state index in [1.54, 1.807) is 18.2 Å². The van der Waals surface area contributed by atoms with Crippen LogP contribution in [0.1, 0.15) is 22.1 Å². The van der Waals surface area contributed by atoms with Gasteiger partial charge in [-0.15, -0.1) is 11.3 Å². The van der Waals surface area contributed by atoms with E-state index >= 15 is 0 Å². The van der Waals surface area contributed by atoms with Gasteiger partial charge in [-0.3, -0.25) is 0 Å². The first-order valence-electron chi connectivity index (χ1n) is 4.88. The maximum atomic E-state index is 13.7. The zero-order valence-corrected chi connectivity index (χ0v) is 12.0. The molecule has 17 heavy (non-hydrogen) atoms. The molecular weight excluding hydrogens is 327 g/mol. The summed E-state index contributed by atoms with van der Waals surface area (Å²) in [5, 5.41) is 10.2. The normalized spacial score (nSPS) is 12.8. The molecule has 1 nitrogen and oxygen atoms in total. The number of aryl methyl sites for hydroxylation is 1. The Morgan fingerprint density at radius 1 is 1.47 bits per heavy atom. The number of hydrogen-bond donors (Lipinski definition) is 1. The molecule has 0 fully saturated rings. The smallest absolute Gasteiger partial charge is 0.130 e. The third-order valence-corrected chi connectivity index (χ3v) is 4.72. The first-order valence-corrected chi connectivity index (χ1v) is 6.87. The third kappa shape index (κ3) is 2.55. The Bertz CT molecular complexity index is 516. The van der Waals surface area contributed by atoms with E-state index < -0.39 is 11.9 Å². The van der Waals surface area contributed by atoms with Crippen LogP contribution in [0.15, 0.2) is 28.7 Å². The standard InChI is InChI=1S/C12H9BrClFOS/c1-6-5-9(17-12(6)14)11(16)10-7(13)3-2-4-8(10)15/h2-5,11,16H,1H3. The molecule has 0 radical (unpaired) electrons. The highest BCUT2D eigenvalue weighted by Gasteiger charge is 2.20. The molecule has 0 spiro atoms. The van der Waals surface area contributed by atoms with Gasteiger partial charge in [0.25, 0.3) is 0 Å². The zero-order chi connectivity index (χ0) is 12.6. The molecule has 1 aromatic heterocycles. The average Bonchev–Trinajstić information content (AvgIpc) is 2.59. The van der Waals surface area contributed by atoms with Crippen LogP contribution in [0.4, 0.5) is 4.39 Å². The number of halogens is 3. The first-order chi connectivity index (χ1) is 8.00. The van der Waals surface area contributed by atoms with Crippen LogP contribution >= 0.6 is 38.9 Å². The van der Waals surface area contributed by atoms with E-state index in [0.717, 1.165) is 5.56 Å². The molecule has 2 rings (SSSR count). The lowest BCUT2D eigenvalue weighted by Crippen LogP contribution is -2.01. The maximum Gasteiger partial charge on any atom is 0.130 e. The zero-order valence-electron chi connectivity index (χ0n) is 8.88. The van der Waals surface area contributed by atoms with Gasteiger partial charge in [-0.25, -0.2) is 4.39 Å². The van der Waals surface area contributed by atoms with Crippen molar-refractivity contribution in [2.75, 3.05) is 0 Å². The lowest BCUT2D eigenvalue weighted by Gasteiger charge is -2.11. The van der Waals surface area contributed by atoms with Crippen LogP contribution in [0.5, 0.6) is 0 Å². The summed E-state index contributed by atoms with van der Waals surface area (Å²) < 4.78 is 14.8. The van der Waals surface area contributed by atoms with Crippen LogP contribution in [-0.2, 0) is 0 Å². The van der Waals surface area contributed by atoms with Crippen LogP contribution in [0.3, 0.4) is 0 Å². The number of aliphatic hydroxyl groups is 1. The minimum Gasteiger partial charge on any atom is -0.383 e. The van der Waals surface area contributed by atoms with Gasteiger partial charge in [0.1, 0.15) is 11.9 Å². The van der Waals surface area contributed by atoms with Crippen molar-refractivity contribution in [3.8, 4) is 0 Å². The maximum absolute atomic E-state index is 13.7. The summed E-state index contributed by atoms with van der Waals surface area (Å²) in [5.74, 6) is -0.436. The minimum absolute atomic E-state index is 0.241. The molecule has 1 aromatic carbocycles. The first kappa shape index (κ1) is 13.0. The fraction of sp³-hybridized carbons (Fsp3) is 0.167.